The van der Waals surface area contributed by atoms with Crippen molar-refractivity contribution in [2.45, 2.75) is 51.6 Å². The van der Waals surface area contributed by atoms with E-state index in [1.165, 1.54) is 32.1 Å². The van der Waals surface area contributed by atoms with Crippen molar-refractivity contribution in [3.8, 4) is 0 Å². The van der Waals surface area contributed by atoms with Gasteiger partial charge in [0.1, 0.15) is 0 Å². The molecule has 0 spiro atoms. The topological polar surface area (TPSA) is 9.23 Å². The summed E-state index contributed by atoms with van der Waals surface area (Å²) in [7, 11) is 0. The molecular weight excluding hydrogens is 124 g/mol. The minimum atomic E-state index is 0.229. The van der Waals surface area contributed by atoms with Crippen LogP contribution in [0.3, 0.4) is 0 Å². The van der Waals surface area contributed by atoms with E-state index in [-0.39, 0.29) is 5.60 Å². The van der Waals surface area contributed by atoms with Gasteiger partial charge in [0, 0.05) is 6.61 Å². The Labute approximate surface area is 63.8 Å². The summed E-state index contributed by atoms with van der Waals surface area (Å²) >= 11 is 0. The summed E-state index contributed by atoms with van der Waals surface area (Å²) in [5, 5.41) is 0. The molecule has 0 N–H and O–H groups in total. The third-order valence-electron chi connectivity index (χ3n) is 2.40. The van der Waals surface area contributed by atoms with Crippen LogP contribution in [0.5, 0.6) is 0 Å². The van der Waals surface area contributed by atoms with Gasteiger partial charge >= 0.3 is 0 Å². The van der Waals surface area contributed by atoms with Gasteiger partial charge < -0.3 is 4.74 Å². The second kappa shape index (κ2) is 3.38. The van der Waals surface area contributed by atoms with Crippen LogP contribution < -0.4 is 0 Å². The van der Waals surface area contributed by atoms with E-state index in [1.54, 1.807) is 0 Å². The van der Waals surface area contributed by atoms with Crippen LogP contribution in [0.1, 0.15) is 46.0 Å². The van der Waals surface area contributed by atoms with Gasteiger partial charge in [-0.2, -0.15) is 0 Å². The molecule has 0 aromatic carbocycles. The van der Waals surface area contributed by atoms with Crippen LogP contribution in [0.4, 0.5) is 0 Å². The molecule has 1 aliphatic rings. The molecule has 0 atom stereocenters. The normalized spacial score (nSPS) is 24.6. The highest BCUT2D eigenvalue weighted by Gasteiger charge is 2.26. The van der Waals surface area contributed by atoms with E-state index in [1.807, 2.05) is 0 Å². The van der Waals surface area contributed by atoms with Crippen LogP contribution in [0.15, 0.2) is 0 Å². The third-order valence-corrected chi connectivity index (χ3v) is 2.40. The first-order chi connectivity index (χ1) is 4.77. The molecule has 0 aliphatic heterocycles. The standard InChI is InChI=1S/C9H18O/c1-3-10-9(2)7-5-4-6-8-9/h3-8H2,1-2H3. The van der Waals surface area contributed by atoms with Crippen molar-refractivity contribution in [1.82, 2.24) is 0 Å². The van der Waals surface area contributed by atoms with Gasteiger partial charge in [-0.15, -0.1) is 0 Å². The van der Waals surface area contributed by atoms with Crippen molar-refractivity contribution < 1.29 is 4.74 Å². The lowest BCUT2D eigenvalue weighted by atomic mass is 9.86. The molecule has 1 aliphatic carbocycles. The van der Waals surface area contributed by atoms with E-state index in [9.17, 15) is 0 Å². The molecule has 1 fully saturated rings. The van der Waals surface area contributed by atoms with E-state index < -0.39 is 0 Å². The lowest BCUT2D eigenvalue weighted by Gasteiger charge is -2.33. The van der Waals surface area contributed by atoms with Gasteiger partial charge in [-0.05, 0) is 26.7 Å². The molecule has 0 amide bonds. The molecule has 1 saturated carbocycles. The minimum Gasteiger partial charge on any atom is -0.376 e. The van der Waals surface area contributed by atoms with Gasteiger partial charge in [0.05, 0.1) is 5.60 Å². The highest BCUT2D eigenvalue weighted by atomic mass is 16.5. The summed E-state index contributed by atoms with van der Waals surface area (Å²) in [5.41, 5.74) is 0.229. The Kier molecular flexibility index (Phi) is 2.72. The Balaban J connectivity index is 2.32. The number of hydrogen-bond acceptors (Lipinski definition) is 1. The van der Waals surface area contributed by atoms with Gasteiger partial charge in [-0.1, -0.05) is 19.3 Å². The van der Waals surface area contributed by atoms with Gasteiger partial charge in [-0.25, -0.2) is 0 Å². The zero-order chi connectivity index (χ0) is 7.45. The van der Waals surface area contributed by atoms with E-state index in [0.717, 1.165) is 6.61 Å². The first-order valence-electron chi connectivity index (χ1n) is 4.41. The molecule has 1 rings (SSSR count). The lowest BCUT2D eigenvalue weighted by molar-refractivity contribution is -0.0500. The Morgan fingerprint density at radius 3 is 2.30 bits per heavy atom. The molecule has 0 unspecified atom stereocenters. The minimum absolute atomic E-state index is 0.229. The zero-order valence-electron chi connectivity index (χ0n) is 7.15. The number of hydrogen-bond donors (Lipinski definition) is 0. The monoisotopic (exact) mass is 142 g/mol. The molecule has 0 bridgehead atoms. The average Bonchev–Trinajstić information content (AvgIpc) is 1.89. The molecule has 10 heavy (non-hydrogen) atoms. The molecule has 0 aromatic rings. The fourth-order valence-electron chi connectivity index (χ4n) is 1.79. The quantitative estimate of drug-likeness (QED) is 0.576. The van der Waals surface area contributed by atoms with Crippen LogP contribution in [0.2, 0.25) is 0 Å². The molecule has 60 valence electrons. The third kappa shape index (κ3) is 1.98. The van der Waals surface area contributed by atoms with E-state index in [4.69, 9.17) is 4.74 Å². The number of rotatable bonds is 2. The van der Waals surface area contributed by atoms with Crippen LogP contribution >= 0.6 is 0 Å². The summed E-state index contributed by atoms with van der Waals surface area (Å²) in [4.78, 5) is 0. The van der Waals surface area contributed by atoms with Crippen molar-refractivity contribution >= 4 is 0 Å². The number of ether oxygens (including phenoxy) is 1. The van der Waals surface area contributed by atoms with E-state index in [0.29, 0.717) is 0 Å². The summed E-state index contributed by atoms with van der Waals surface area (Å²) < 4.78 is 5.67. The van der Waals surface area contributed by atoms with Crippen LogP contribution in [0, 0.1) is 0 Å². The molecule has 1 nitrogen and oxygen atoms in total. The average molecular weight is 142 g/mol. The van der Waals surface area contributed by atoms with Crippen LogP contribution in [0.25, 0.3) is 0 Å². The highest BCUT2D eigenvalue weighted by molar-refractivity contribution is 4.78. The molecular formula is C9H18O. The predicted octanol–water partition coefficient (Wildman–Crippen LogP) is 2.75. The fourth-order valence-corrected chi connectivity index (χ4v) is 1.79. The Morgan fingerprint density at radius 2 is 1.80 bits per heavy atom. The van der Waals surface area contributed by atoms with E-state index >= 15 is 0 Å². The maximum Gasteiger partial charge on any atom is 0.0654 e. The van der Waals surface area contributed by atoms with Gasteiger partial charge in [0.15, 0.2) is 0 Å². The van der Waals surface area contributed by atoms with Gasteiger partial charge in [0.25, 0.3) is 0 Å². The van der Waals surface area contributed by atoms with Crippen molar-refractivity contribution in [2.75, 3.05) is 6.61 Å². The fraction of sp³-hybridized carbons (Fsp3) is 1.00. The summed E-state index contributed by atoms with van der Waals surface area (Å²) in [6.45, 7) is 5.20. The van der Waals surface area contributed by atoms with Crippen molar-refractivity contribution in [3.05, 3.63) is 0 Å². The van der Waals surface area contributed by atoms with Crippen molar-refractivity contribution in [3.63, 3.8) is 0 Å². The Bertz CT molecular complexity index is 87.4. The maximum absolute atomic E-state index is 5.67. The molecule has 1 heteroatoms. The second-order valence-corrected chi connectivity index (χ2v) is 3.44. The van der Waals surface area contributed by atoms with Gasteiger partial charge in [-0.3, -0.25) is 0 Å². The smallest absolute Gasteiger partial charge is 0.0654 e. The summed E-state index contributed by atoms with van der Waals surface area (Å²) in [5.74, 6) is 0. The molecule has 0 radical (unpaired) electrons. The zero-order valence-corrected chi connectivity index (χ0v) is 7.15. The molecule has 0 heterocycles. The van der Waals surface area contributed by atoms with Crippen LogP contribution in [-0.4, -0.2) is 12.2 Å². The predicted molar refractivity (Wildman–Crippen MR) is 43.1 cm³/mol. The SMILES string of the molecule is CCOC1(C)CCCCC1. The Hall–Kier alpha value is -0.0400. The van der Waals surface area contributed by atoms with Crippen LogP contribution in [-0.2, 0) is 4.74 Å². The Morgan fingerprint density at radius 1 is 1.20 bits per heavy atom. The van der Waals surface area contributed by atoms with Gasteiger partial charge in [0.2, 0.25) is 0 Å². The second-order valence-electron chi connectivity index (χ2n) is 3.44. The van der Waals surface area contributed by atoms with Crippen molar-refractivity contribution in [2.24, 2.45) is 0 Å². The first-order valence-corrected chi connectivity index (χ1v) is 4.41. The molecule has 0 saturated heterocycles. The molecule has 0 aromatic heterocycles. The summed E-state index contributed by atoms with van der Waals surface area (Å²) in [6, 6.07) is 0. The maximum atomic E-state index is 5.67. The summed E-state index contributed by atoms with van der Waals surface area (Å²) in [6.07, 6.45) is 6.65. The highest BCUT2D eigenvalue weighted by Crippen LogP contribution is 2.30. The lowest BCUT2D eigenvalue weighted by Crippen LogP contribution is -2.31. The largest absolute Gasteiger partial charge is 0.376 e. The first kappa shape index (κ1) is 8.06. The van der Waals surface area contributed by atoms with E-state index in [2.05, 4.69) is 13.8 Å². The van der Waals surface area contributed by atoms with Crippen molar-refractivity contribution in [1.29, 1.82) is 0 Å².